The van der Waals surface area contributed by atoms with Gasteiger partial charge in [-0.05, 0) is 72.9 Å². The topological polar surface area (TPSA) is 74.2 Å². The first-order valence-electron chi connectivity index (χ1n) is 11.0. The lowest BCUT2D eigenvalue weighted by atomic mass is 9.88. The number of carbonyl (C=O) groups is 1. The molecule has 1 amide bonds. The van der Waals surface area contributed by atoms with E-state index in [1.807, 2.05) is 37.3 Å². The first kappa shape index (κ1) is 22.4. The molecule has 2 N–H and O–H groups in total. The third-order valence-corrected chi connectivity index (χ3v) is 5.79. The van der Waals surface area contributed by atoms with E-state index in [2.05, 4.69) is 28.8 Å². The van der Waals surface area contributed by atoms with Crippen LogP contribution in [0, 0.1) is 11.3 Å². The van der Waals surface area contributed by atoms with Crippen molar-refractivity contribution >= 4 is 5.91 Å². The number of methoxy groups -OCH3 is 1. The van der Waals surface area contributed by atoms with Crippen LogP contribution in [0.4, 0.5) is 0 Å². The van der Waals surface area contributed by atoms with Gasteiger partial charge in [0.1, 0.15) is 17.4 Å². The van der Waals surface area contributed by atoms with Crippen LogP contribution in [0.3, 0.4) is 0 Å². The number of benzene rings is 2. The summed E-state index contributed by atoms with van der Waals surface area (Å²) in [6, 6.07) is 16.3. The van der Waals surface area contributed by atoms with Gasteiger partial charge in [-0.3, -0.25) is 4.79 Å². The summed E-state index contributed by atoms with van der Waals surface area (Å²) in [5.74, 6) is 0.471. The number of rotatable bonds is 9. The van der Waals surface area contributed by atoms with Crippen molar-refractivity contribution in [3.05, 3.63) is 76.5 Å². The van der Waals surface area contributed by atoms with E-state index in [1.54, 1.807) is 7.11 Å². The fraction of sp³-hybridized carbons (Fsp3) is 0.385. The number of aryl methyl sites for hydroxylation is 2. The first-order valence-corrected chi connectivity index (χ1v) is 11.0. The van der Waals surface area contributed by atoms with Crippen molar-refractivity contribution in [1.29, 1.82) is 5.26 Å². The molecule has 0 spiro atoms. The summed E-state index contributed by atoms with van der Waals surface area (Å²) in [6.45, 7) is 2.67. The molecule has 0 aromatic heterocycles. The van der Waals surface area contributed by atoms with Crippen LogP contribution in [0.5, 0.6) is 5.75 Å². The largest absolute Gasteiger partial charge is 0.497 e. The van der Waals surface area contributed by atoms with Crippen molar-refractivity contribution in [1.82, 2.24) is 10.6 Å². The fourth-order valence-electron chi connectivity index (χ4n) is 3.99. The van der Waals surface area contributed by atoms with Gasteiger partial charge in [0.2, 0.25) is 0 Å². The Kier molecular flexibility index (Phi) is 8.12. The van der Waals surface area contributed by atoms with Crippen molar-refractivity contribution in [2.24, 2.45) is 0 Å². The molecule has 1 aliphatic carbocycles. The first-order chi connectivity index (χ1) is 15.1. The molecule has 2 aromatic rings. The Morgan fingerprint density at radius 1 is 1.19 bits per heavy atom. The van der Waals surface area contributed by atoms with Crippen LogP contribution in [-0.4, -0.2) is 19.6 Å². The number of hydrogen-bond acceptors (Lipinski definition) is 4. The summed E-state index contributed by atoms with van der Waals surface area (Å²) in [5, 5.41) is 15.6. The normalized spacial score (nSPS) is 14.2. The summed E-state index contributed by atoms with van der Waals surface area (Å²) in [6.07, 6.45) is 7.77. The number of fused-ring (bicyclic) bond motifs is 1. The van der Waals surface area contributed by atoms with E-state index in [9.17, 15) is 10.1 Å². The Morgan fingerprint density at radius 3 is 2.74 bits per heavy atom. The van der Waals surface area contributed by atoms with Crippen molar-refractivity contribution in [2.45, 2.75) is 51.5 Å². The van der Waals surface area contributed by atoms with E-state index in [1.165, 1.54) is 30.2 Å². The molecule has 5 nitrogen and oxygen atoms in total. The van der Waals surface area contributed by atoms with Gasteiger partial charge in [-0.15, -0.1) is 0 Å². The van der Waals surface area contributed by atoms with Gasteiger partial charge in [0.15, 0.2) is 0 Å². The predicted molar refractivity (Wildman–Crippen MR) is 123 cm³/mol. The molecule has 1 unspecified atom stereocenters. The zero-order chi connectivity index (χ0) is 22.1. The maximum absolute atomic E-state index is 12.7. The summed E-state index contributed by atoms with van der Waals surface area (Å²) >= 11 is 0. The Hall–Kier alpha value is -3.26. The summed E-state index contributed by atoms with van der Waals surface area (Å²) in [4.78, 5) is 12.7. The van der Waals surface area contributed by atoms with Gasteiger partial charge < -0.3 is 15.4 Å². The molecule has 1 aliphatic rings. The lowest BCUT2D eigenvalue weighted by molar-refractivity contribution is -0.117. The highest BCUT2D eigenvalue weighted by Crippen LogP contribution is 2.26. The zero-order valence-electron chi connectivity index (χ0n) is 18.4. The van der Waals surface area contributed by atoms with Crippen molar-refractivity contribution in [2.75, 3.05) is 13.7 Å². The molecule has 0 bridgehead atoms. The number of nitrogens with one attached hydrogen (secondary N) is 2. The Labute approximate surface area is 185 Å². The molecule has 0 saturated heterocycles. The van der Waals surface area contributed by atoms with Crippen LogP contribution >= 0.6 is 0 Å². The molecular weight excluding hydrogens is 386 g/mol. The second-order valence-corrected chi connectivity index (χ2v) is 7.90. The molecule has 0 heterocycles. The van der Waals surface area contributed by atoms with Crippen molar-refractivity contribution in [3.63, 3.8) is 0 Å². The number of hydrogen-bond donors (Lipinski definition) is 2. The van der Waals surface area contributed by atoms with Crippen LogP contribution in [0.2, 0.25) is 0 Å². The van der Waals surface area contributed by atoms with Crippen LogP contribution in [0.15, 0.2) is 54.2 Å². The van der Waals surface area contributed by atoms with E-state index in [-0.39, 0.29) is 17.5 Å². The standard InChI is InChI=1S/C26H31N3O2/c1-3-25(22-12-11-20-8-4-5-9-21(20)16-22)29-26(30)23(17-27)18-28-14-13-19-7-6-10-24(15-19)31-2/h6-7,10-12,15-16,18,25,28H,3-5,8-9,13-14H2,1-2H3,(H,29,30)/b23-18-. The number of nitrogens with zero attached hydrogens (tertiary/aromatic N) is 1. The number of amides is 1. The molecule has 0 saturated carbocycles. The van der Waals surface area contributed by atoms with E-state index < -0.39 is 0 Å². The quantitative estimate of drug-likeness (QED) is 0.361. The van der Waals surface area contributed by atoms with Gasteiger partial charge in [0.25, 0.3) is 5.91 Å². The highest BCUT2D eigenvalue weighted by molar-refractivity contribution is 5.97. The second kappa shape index (κ2) is 11.2. The number of nitriles is 1. The summed E-state index contributed by atoms with van der Waals surface area (Å²) < 4.78 is 5.23. The fourth-order valence-corrected chi connectivity index (χ4v) is 3.99. The predicted octanol–water partition coefficient (Wildman–Crippen LogP) is 4.38. The molecule has 2 aromatic carbocycles. The minimum atomic E-state index is -0.346. The molecule has 162 valence electrons. The van der Waals surface area contributed by atoms with Crippen molar-refractivity contribution in [3.8, 4) is 11.8 Å². The number of carbonyl (C=O) groups excluding carboxylic acids is 1. The minimum absolute atomic E-state index is 0.0852. The SMILES string of the molecule is CCC(NC(=O)/C(C#N)=C\NCCc1cccc(OC)c1)c1ccc2c(c1)CCCC2. The smallest absolute Gasteiger partial charge is 0.263 e. The summed E-state index contributed by atoms with van der Waals surface area (Å²) in [5.41, 5.74) is 5.14. The van der Waals surface area contributed by atoms with Crippen molar-refractivity contribution < 1.29 is 9.53 Å². The maximum Gasteiger partial charge on any atom is 0.263 e. The molecule has 0 aliphatic heterocycles. The van der Waals surface area contributed by atoms with E-state index in [0.29, 0.717) is 6.54 Å². The Morgan fingerprint density at radius 2 is 2.00 bits per heavy atom. The van der Waals surface area contributed by atoms with Gasteiger partial charge in [-0.1, -0.05) is 37.3 Å². The van der Waals surface area contributed by atoms with E-state index >= 15 is 0 Å². The molecule has 31 heavy (non-hydrogen) atoms. The third-order valence-electron chi connectivity index (χ3n) is 5.79. The highest BCUT2D eigenvalue weighted by atomic mass is 16.5. The minimum Gasteiger partial charge on any atom is -0.497 e. The summed E-state index contributed by atoms with van der Waals surface area (Å²) in [7, 11) is 1.64. The molecule has 0 radical (unpaired) electrons. The molecular formula is C26H31N3O2. The van der Waals surface area contributed by atoms with E-state index in [4.69, 9.17) is 4.74 Å². The van der Waals surface area contributed by atoms with Gasteiger partial charge in [0, 0.05) is 12.7 Å². The van der Waals surface area contributed by atoms with Gasteiger partial charge >= 0.3 is 0 Å². The van der Waals surface area contributed by atoms with Crippen LogP contribution in [0.25, 0.3) is 0 Å². The Bertz CT molecular complexity index is 975. The number of ether oxygens (including phenoxy) is 1. The van der Waals surface area contributed by atoms with Crippen LogP contribution < -0.4 is 15.4 Å². The molecule has 3 rings (SSSR count). The monoisotopic (exact) mass is 417 g/mol. The van der Waals surface area contributed by atoms with E-state index in [0.717, 1.165) is 42.6 Å². The average molecular weight is 418 g/mol. The van der Waals surface area contributed by atoms with Gasteiger partial charge in [0.05, 0.1) is 13.2 Å². The van der Waals surface area contributed by atoms with Crippen LogP contribution in [0.1, 0.15) is 54.5 Å². The lowest BCUT2D eigenvalue weighted by Gasteiger charge is -2.21. The third kappa shape index (κ3) is 6.11. The molecule has 1 atom stereocenters. The second-order valence-electron chi connectivity index (χ2n) is 7.90. The van der Waals surface area contributed by atoms with Gasteiger partial charge in [-0.2, -0.15) is 5.26 Å². The average Bonchev–Trinajstić information content (AvgIpc) is 2.82. The van der Waals surface area contributed by atoms with Gasteiger partial charge in [-0.25, -0.2) is 0 Å². The highest BCUT2D eigenvalue weighted by Gasteiger charge is 2.18. The zero-order valence-corrected chi connectivity index (χ0v) is 18.4. The molecule has 0 fully saturated rings. The lowest BCUT2D eigenvalue weighted by Crippen LogP contribution is -2.30. The van der Waals surface area contributed by atoms with Crippen LogP contribution in [-0.2, 0) is 24.1 Å². The molecule has 5 heteroatoms. The Balaban J connectivity index is 1.58. The maximum atomic E-state index is 12.7.